The lowest BCUT2D eigenvalue weighted by atomic mass is 9.90. The molecule has 0 saturated carbocycles. The van der Waals surface area contributed by atoms with Crippen LogP contribution in [0.4, 0.5) is 11.5 Å². The number of nitriles is 1. The van der Waals surface area contributed by atoms with Crippen molar-refractivity contribution in [2.45, 2.75) is 39.0 Å². The van der Waals surface area contributed by atoms with E-state index >= 15 is 0 Å². The topological polar surface area (TPSA) is 131 Å². The molecule has 1 aromatic carbocycles. The maximum atomic E-state index is 9.47. The number of benzene rings is 1. The number of nitrogens with two attached hydrogens (primary N) is 1. The second-order valence-electron chi connectivity index (χ2n) is 9.79. The Morgan fingerprint density at radius 3 is 2.61 bits per heavy atom. The molecule has 0 radical (unpaired) electrons. The van der Waals surface area contributed by atoms with Crippen molar-refractivity contribution in [3.05, 3.63) is 54.5 Å². The Labute approximate surface area is 210 Å². The van der Waals surface area contributed by atoms with Gasteiger partial charge in [0.25, 0.3) is 5.89 Å². The van der Waals surface area contributed by atoms with Gasteiger partial charge in [0.1, 0.15) is 0 Å². The van der Waals surface area contributed by atoms with Gasteiger partial charge in [0.2, 0.25) is 5.89 Å². The van der Waals surface area contributed by atoms with E-state index in [1.165, 1.54) is 12.8 Å². The minimum absolute atomic E-state index is 0.191. The van der Waals surface area contributed by atoms with E-state index in [0.717, 1.165) is 35.8 Å². The Bertz CT molecular complexity index is 1430. The number of aromatic nitrogens is 5. The molecule has 9 heteroatoms. The van der Waals surface area contributed by atoms with E-state index in [9.17, 15) is 5.26 Å². The van der Waals surface area contributed by atoms with Crippen molar-refractivity contribution in [1.29, 1.82) is 5.26 Å². The van der Waals surface area contributed by atoms with Crippen LogP contribution in [-0.4, -0.2) is 38.2 Å². The first kappa shape index (κ1) is 23.4. The molecule has 182 valence electrons. The normalized spacial score (nSPS) is 14.6. The minimum Gasteiger partial charge on any atom is -0.414 e. The summed E-state index contributed by atoms with van der Waals surface area (Å²) in [6.45, 7) is 8.03. The molecular formula is C27H28N8O. The zero-order chi connectivity index (χ0) is 25.3. The molecule has 0 unspecified atom stereocenters. The molecule has 4 heterocycles. The van der Waals surface area contributed by atoms with Gasteiger partial charge in [0, 0.05) is 36.1 Å². The third-order valence-corrected chi connectivity index (χ3v) is 6.65. The first-order chi connectivity index (χ1) is 17.3. The Kier molecular flexibility index (Phi) is 6.10. The van der Waals surface area contributed by atoms with Gasteiger partial charge in [-0.15, -0.1) is 10.2 Å². The molecule has 5 rings (SSSR count). The SMILES string of the molecule is CC1CCN(c2cccc(-c3nnc(-c4nc(-c5ccnc(C(C)(C)C#N)c5)cnc4N)o3)c2)CC1. The van der Waals surface area contributed by atoms with Crippen LogP contribution in [-0.2, 0) is 5.41 Å². The fraction of sp³-hybridized carbons (Fsp3) is 0.333. The van der Waals surface area contributed by atoms with Crippen molar-refractivity contribution in [3.8, 4) is 40.4 Å². The van der Waals surface area contributed by atoms with Crippen LogP contribution < -0.4 is 10.6 Å². The Balaban J connectivity index is 1.44. The molecule has 1 saturated heterocycles. The Morgan fingerprint density at radius 1 is 1.06 bits per heavy atom. The highest BCUT2D eigenvalue weighted by Gasteiger charge is 2.23. The maximum Gasteiger partial charge on any atom is 0.270 e. The molecule has 4 aromatic rings. The largest absolute Gasteiger partial charge is 0.414 e. The predicted molar refractivity (Wildman–Crippen MR) is 138 cm³/mol. The highest BCUT2D eigenvalue weighted by molar-refractivity contribution is 5.69. The monoisotopic (exact) mass is 480 g/mol. The van der Waals surface area contributed by atoms with Gasteiger partial charge in [0.05, 0.1) is 29.1 Å². The molecule has 1 aliphatic rings. The van der Waals surface area contributed by atoms with Gasteiger partial charge in [-0.05, 0) is 62.9 Å². The fourth-order valence-electron chi connectivity index (χ4n) is 4.22. The molecule has 36 heavy (non-hydrogen) atoms. The summed E-state index contributed by atoms with van der Waals surface area (Å²) in [6.07, 6.45) is 5.62. The summed E-state index contributed by atoms with van der Waals surface area (Å²) in [5.74, 6) is 1.55. The first-order valence-corrected chi connectivity index (χ1v) is 12.0. The van der Waals surface area contributed by atoms with Gasteiger partial charge < -0.3 is 15.1 Å². The van der Waals surface area contributed by atoms with Crippen LogP contribution in [0.1, 0.15) is 39.3 Å². The average molecular weight is 481 g/mol. The molecule has 0 bridgehead atoms. The number of anilines is 2. The third-order valence-electron chi connectivity index (χ3n) is 6.65. The molecular weight excluding hydrogens is 452 g/mol. The first-order valence-electron chi connectivity index (χ1n) is 12.0. The van der Waals surface area contributed by atoms with Gasteiger partial charge in [-0.1, -0.05) is 13.0 Å². The summed E-state index contributed by atoms with van der Waals surface area (Å²) < 4.78 is 6.00. The van der Waals surface area contributed by atoms with E-state index in [4.69, 9.17) is 10.2 Å². The van der Waals surface area contributed by atoms with E-state index < -0.39 is 5.41 Å². The van der Waals surface area contributed by atoms with Crippen molar-refractivity contribution in [2.24, 2.45) is 5.92 Å². The number of pyridine rings is 1. The van der Waals surface area contributed by atoms with Crippen molar-refractivity contribution in [2.75, 3.05) is 23.7 Å². The molecule has 0 aliphatic carbocycles. The lowest BCUT2D eigenvalue weighted by Crippen LogP contribution is -2.32. The summed E-state index contributed by atoms with van der Waals surface area (Å²) in [6, 6.07) is 14.1. The van der Waals surface area contributed by atoms with E-state index in [2.05, 4.69) is 55.2 Å². The predicted octanol–water partition coefficient (Wildman–Crippen LogP) is 4.88. The van der Waals surface area contributed by atoms with E-state index in [1.807, 2.05) is 38.1 Å². The van der Waals surface area contributed by atoms with Gasteiger partial charge in [-0.2, -0.15) is 5.26 Å². The second kappa shape index (κ2) is 9.38. The fourth-order valence-corrected chi connectivity index (χ4v) is 4.22. The van der Waals surface area contributed by atoms with Crippen LogP contribution in [0, 0.1) is 17.2 Å². The van der Waals surface area contributed by atoms with Crippen LogP contribution in [0.2, 0.25) is 0 Å². The molecule has 0 spiro atoms. The summed E-state index contributed by atoms with van der Waals surface area (Å²) in [7, 11) is 0. The molecule has 1 fully saturated rings. The van der Waals surface area contributed by atoms with Crippen molar-refractivity contribution in [1.82, 2.24) is 25.1 Å². The molecule has 0 amide bonds. The van der Waals surface area contributed by atoms with Crippen LogP contribution >= 0.6 is 0 Å². The summed E-state index contributed by atoms with van der Waals surface area (Å²) in [5, 5.41) is 17.9. The zero-order valence-corrected chi connectivity index (χ0v) is 20.6. The van der Waals surface area contributed by atoms with E-state index in [0.29, 0.717) is 23.0 Å². The van der Waals surface area contributed by atoms with Crippen molar-refractivity contribution < 1.29 is 4.42 Å². The number of hydrogen-bond acceptors (Lipinski definition) is 9. The van der Waals surface area contributed by atoms with Crippen LogP contribution in [0.5, 0.6) is 0 Å². The van der Waals surface area contributed by atoms with E-state index in [1.54, 1.807) is 12.4 Å². The lowest BCUT2D eigenvalue weighted by molar-refractivity contribution is 0.438. The molecule has 0 atom stereocenters. The van der Waals surface area contributed by atoms with Crippen molar-refractivity contribution in [3.63, 3.8) is 0 Å². The highest BCUT2D eigenvalue weighted by Crippen LogP contribution is 2.31. The van der Waals surface area contributed by atoms with Gasteiger partial charge >= 0.3 is 0 Å². The molecule has 3 aromatic heterocycles. The number of hydrogen-bond donors (Lipinski definition) is 1. The number of rotatable bonds is 5. The minimum atomic E-state index is -0.734. The average Bonchev–Trinajstić information content (AvgIpc) is 3.40. The van der Waals surface area contributed by atoms with Gasteiger partial charge in [0.15, 0.2) is 11.5 Å². The molecule has 9 nitrogen and oxygen atoms in total. The zero-order valence-electron chi connectivity index (χ0n) is 20.6. The Morgan fingerprint density at radius 2 is 1.83 bits per heavy atom. The van der Waals surface area contributed by atoms with Gasteiger partial charge in [-0.25, -0.2) is 9.97 Å². The van der Waals surface area contributed by atoms with Crippen LogP contribution in [0.15, 0.2) is 53.2 Å². The summed E-state index contributed by atoms with van der Waals surface area (Å²) in [4.78, 5) is 15.7. The van der Waals surface area contributed by atoms with Crippen LogP contribution in [0.3, 0.4) is 0 Å². The van der Waals surface area contributed by atoms with Crippen molar-refractivity contribution >= 4 is 11.5 Å². The van der Waals surface area contributed by atoms with Crippen LogP contribution in [0.25, 0.3) is 34.3 Å². The highest BCUT2D eigenvalue weighted by atomic mass is 16.4. The number of piperidine rings is 1. The summed E-state index contributed by atoms with van der Waals surface area (Å²) in [5.41, 5.74) is 9.68. The third kappa shape index (κ3) is 4.62. The standard InChI is InChI=1S/C27H28N8O/c1-17-8-11-35(12-9-17)20-6-4-5-19(13-20)25-33-34-26(36-25)23-24(29)31-15-21(32-23)18-7-10-30-22(14-18)27(2,3)16-28/h4-7,10,13-15,17H,8-9,11-12H2,1-3H3,(H2,29,31). The molecule has 2 N–H and O–H groups in total. The van der Waals surface area contributed by atoms with Gasteiger partial charge in [-0.3, -0.25) is 4.98 Å². The quantitative estimate of drug-likeness (QED) is 0.425. The number of nitrogen functional groups attached to an aromatic ring is 1. The number of nitrogens with zero attached hydrogens (tertiary/aromatic N) is 7. The maximum absolute atomic E-state index is 9.47. The Hall–Kier alpha value is -4.32. The van der Waals surface area contributed by atoms with E-state index in [-0.39, 0.29) is 11.7 Å². The molecule has 1 aliphatic heterocycles. The lowest BCUT2D eigenvalue weighted by Gasteiger charge is -2.32. The second-order valence-corrected chi connectivity index (χ2v) is 9.79. The summed E-state index contributed by atoms with van der Waals surface area (Å²) >= 11 is 0. The smallest absolute Gasteiger partial charge is 0.270 e.